The highest BCUT2D eigenvalue weighted by molar-refractivity contribution is 5.89. The van der Waals surface area contributed by atoms with E-state index in [0.29, 0.717) is 19.6 Å². The molecule has 1 saturated carbocycles. The first-order valence-corrected chi connectivity index (χ1v) is 9.68. The lowest BCUT2D eigenvalue weighted by Crippen LogP contribution is -2.76. The topological polar surface area (TPSA) is 73.6 Å². The van der Waals surface area contributed by atoms with Gasteiger partial charge in [0.1, 0.15) is 5.54 Å². The number of benzene rings is 1. The molecule has 0 bridgehead atoms. The van der Waals surface area contributed by atoms with Gasteiger partial charge in [-0.15, -0.1) is 12.4 Å². The van der Waals surface area contributed by atoms with E-state index in [0.717, 1.165) is 26.1 Å². The predicted octanol–water partition coefficient (Wildman–Crippen LogP) is 2.81. The van der Waals surface area contributed by atoms with Gasteiger partial charge in [-0.25, -0.2) is 0 Å². The number of hydrogen-bond acceptors (Lipinski definition) is 4. The first-order valence-electron chi connectivity index (χ1n) is 9.68. The van der Waals surface area contributed by atoms with Crippen molar-refractivity contribution < 1.29 is 14.3 Å². The van der Waals surface area contributed by atoms with Gasteiger partial charge in [0.25, 0.3) is 0 Å². The molecule has 3 N–H and O–H groups in total. The fraction of sp³-hybridized carbons (Fsp3) is 0.667. The highest BCUT2D eigenvalue weighted by atomic mass is 35.5. The van der Waals surface area contributed by atoms with Crippen LogP contribution in [0, 0.1) is 5.41 Å². The van der Waals surface area contributed by atoms with Crippen LogP contribution in [0.3, 0.4) is 0 Å². The van der Waals surface area contributed by atoms with Gasteiger partial charge in [-0.2, -0.15) is 0 Å². The summed E-state index contributed by atoms with van der Waals surface area (Å²) >= 11 is 0. The van der Waals surface area contributed by atoms with Crippen molar-refractivity contribution >= 4 is 18.3 Å². The molecule has 2 unspecified atom stereocenters. The van der Waals surface area contributed by atoms with Crippen molar-refractivity contribution in [2.24, 2.45) is 11.1 Å². The molecule has 0 radical (unpaired) electrons. The lowest BCUT2D eigenvalue weighted by molar-refractivity contribution is -0.171. The molecule has 1 aromatic rings. The number of nitrogens with two attached hydrogens (primary N) is 1. The van der Waals surface area contributed by atoms with Crippen LogP contribution in [0.2, 0.25) is 0 Å². The van der Waals surface area contributed by atoms with Crippen LogP contribution in [0.15, 0.2) is 30.3 Å². The second-order valence-corrected chi connectivity index (χ2v) is 8.28. The van der Waals surface area contributed by atoms with Crippen LogP contribution >= 0.6 is 12.4 Å². The third-order valence-electron chi connectivity index (χ3n) is 6.66. The summed E-state index contributed by atoms with van der Waals surface area (Å²) < 4.78 is 11.3. The Bertz CT molecular complexity index is 632. The Balaban J connectivity index is 0.00000261. The zero-order valence-corrected chi connectivity index (χ0v) is 17.4. The van der Waals surface area contributed by atoms with Crippen LogP contribution in [0.4, 0.5) is 0 Å². The predicted molar refractivity (Wildman–Crippen MR) is 109 cm³/mol. The van der Waals surface area contributed by atoms with E-state index in [1.165, 1.54) is 5.56 Å². The Hall–Kier alpha value is -1.14. The van der Waals surface area contributed by atoms with E-state index in [1.54, 1.807) is 0 Å². The van der Waals surface area contributed by atoms with E-state index in [9.17, 15) is 4.79 Å². The molecule has 3 rings (SSSR count). The highest BCUT2D eigenvalue weighted by Gasteiger charge is 2.63. The molecule has 1 heterocycles. The first-order chi connectivity index (χ1) is 12.4. The average Bonchev–Trinajstić information content (AvgIpc) is 2.67. The van der Waals surface area contributed by atoms with Crippen molar-refractivity contribution in [1.82, 2.24) is 5.32 Å². The van der Waals surface area contributed by atoms with E-state index in [2.05, 4.69) is 29.6 Å². The number of nitrogens with one attached hydrogen (secondary N) is 1. The summed E-state index contributed by atoms with van der Waals surface area (Å²) in [6, 6.07) is 10.4. The quantitative estimate of drug-likeness (QED) is 0.775. The van der Waals surface area contributed by atoms with Crippen molar-refractivity contribution in [2.75, 3.05) is 26.4 Å². The monoisotopic (exact) mass is 396 g/mol. The second-order valence-electron chi connectivity index (χ2n) is 8.28. The number of carbonyl (C=O) groups is 1. The molecule has 27 heavy (non-hydrogen) atoms. The molecule has 0 aromatic heterocycles. The van der Waals surface area contributed by atoms with Gasteiger partial charge in [0.15, 0.2) is 0 Å². The Labute approximate surface area is 168 Å². The minimum atomic E-state index is -0.879. The summed E-state index contributed by atoms with van der Waals surface area (Å²) in [5, 5.41) is 3.18. The molecule has 152 valence electrons. The van der Waals surface area contributed by atoms with Crippen LogP contribution in [-0.4, -0.2) is 43.9 Å². The minimum Gasteiger partial charge on any atom is -0.381 e. The zero-order chi connectivity index (χ0) is 18.8. The Morgan fingerprint density at radius 2 is 1.89 bits per heavy atom. The van der Waals surface area contributed by atoms with E-state index >= 15 is 0 Å². The second kappa shape index (κ2) is 8.48. The van der Waals surface area contributed by atoms with Gasteiger partial charge < -0.3 is 20.5 Å². The van der Waals surface area contributed by atoms with Crippen LogP contribution < -0.4 is 11.1 Å². The Kier molecular flexibility index (Phi) is 6.96. The maximum atomic E-state index is 13.0. The third kappa shape index (κ3) is 3.88. The van der Waals surface area contributed by atoms with Crippen molar-refractivity contribution in [3.05, 3.63) is 35.9 Å². The number of amides is 1. The zero-order valence-electron chi connectivity index (χ0n) is 16.6. The highest BCUT2D eigenvalue weighted by Crippen LogP contribution is 2.50. The van der Waals surface area contributed by atoms with E-state index in [4.69, 9.17) is 15.2 Å². The van der Waals surface area contributed by atoms with Crippen molar-refractivity contribution in [3.63, 3.8) is 0 Å². The van der Waals surface area contributed by atoms with Crippen LogP contribution in [-0.2, 0) is 19.7 Å². The van der Waals surface area contributed by atoms with Gasteiger partial charge in [0, 0.05) is 43.6 Å². The summed E-state index contributed by atoms with van der Waals surface area (Å²) in [6.45, 7) is 8.69. The van der Waals surface area contributed by atoms with Crippen LogP contribution in [0.1, 0.15) is 45.6 Å². The lowest BCUT2D eigenvalue weighted by Gasteiger charge is -2.57. The number of hydrogen-bond donors (Lipinski definition) is 2. The number of carbonyl (C=O) groups excluding carboxylic acids is 1. The normalized spacial score (nSPS) is 28.5. The van der Waals surface area contributed by atoms with E-state index < -0.39 is 5.54 Å². The van der Waals surface area contributed by atoms with Gasteiger partial charge in [-0.1, -0.05) is 44.2 Å². The molecule has 1 aliphatic carbocycles. The van der Waals surface area contributed by atoms with Crippen LogP contribution in [0.25, 0.3) is 0 Å². The summed E-state index contributed by atoms with van der Waals surface area (Å²) in [7, 11) is 0. The van der Waals surface area contributed by atoms with Gasteiger partial charge in [-0.05, 0) is 25.3 Å². The van der Waals surface area contributed by atoms with E-state index in [-0.39, 0.29) is 35.2 Å². The van der Waals surface area contributed by atoms with E-state index in [1.807, 2.05) is 26.8 Å². The number of rotatable bonds is 6. The molecule has 1 aromatic carbocycles. The molecule has 1 saturated heterocycles. The van der Waals surface area contributed by atoms with Crippen molar-refractivity contribution in [3.8, 4) is 0 Å². The maximum absolute atomic E-state index is 13.0. The number of ether oxygens (including phenoxy) is 2. The largest absolute Gasteiger partial charge is 0.381 e. The maximum Gasteiger partial charge on any atom is 0.240 e. The fourth-order valence-electron chi connectivity index (χ4n) is 4.35. The number of halogens is 1. The van der Waals surface area contributed by atoms with Gasteiger partial charge in [0.05, 0.1) is 6.10 Å². The first kappa shape index (κ1) is 22.2. The SMILES string of the molecule is CCOC1CC(N)(C(=O)NCC2(c3ccccc3)CCOCC2)C1(C)C.Cl. The molecule has 1 aliphatic heterocycles. The van der Waals surface area contributed by atoms with Gasteiger partial charge >= 0.3 is 0 Å². The average molecular weight is 397 g/mol. The minimum absolute atomic E-state index is 0. The fourth-order valence-corrected chi connectivity index (χ4v) is 4.35. The third-order valence-corrected chi connectivity index (χ3v) is 6.66. The Morgan fingerprint density at radius 3 is 2.44 bits per heavy atom. The molecule has 0 spiro atoms. The molecular weight excluding hydrogens is 364 g/mol. The molecule has 6 heteroatoms. The molecule has 1 amide bonds. The smallest absolute Gasteiger partial charge is 0.240 e. The van der Waals surface area contributed by atoms with Crippen molar-refractivity contribution in [1.29, 1.82) is 0 Å². The summed E-state index contributed by atoms with van der Waals surface area (Å²) in [6.07, 6.45) is 2.41. The molecule has 2 fully saturated rings. The Morgan fingerprint density at radius 1 is 1.26 bits per heavy atom. The standard InChI is InChI=1S/C21H32N2O3.ClH/c1-4-26-17-14-21(22,19(17,2)3)18(24)23-15-20(10-12-25-13-11-20)16-8-6-5-7-9-16;/h5-9,17H,4,10-15,22H2,1-3H3,(H,23,24);1H. The van der Waals surface area contributed by atoms with Crippen molar-refractivity contribution in [2.45, 2.75) is 57.1 Å². The van der Waals surface area contributed by atoms with Gasteiger partial charge in [0.2, 0.25) is 5.91 Å². The lowest BCUT2D eigenvalue weighted by atomic mass is 9.54. The van der Waals surface area contributed by atoms with Gasteiger partial charge in [-0.3, -0.25) is 4.79 Å². The summed E-state index contributed by atoms with van der Waals surface area (Å²) in [5.41, 5.74) is 6.45. The molecule has 5 nitrogen and oxygen atoms in total. The summed E-state index contributed by atoms with van der Waals surface area (Å²) in [5.74, 6) is -0.0692. The molecule has 2 atom stereocenters. The molecule has 2 aliphatic rings. The van der Waals surface area contributed by atoms with Crippen LogP contribution in [0.5, 0.6) is 0 Å². The molecular formula is C21H33ClN2O3. The summed E-state index contributed by atoms with van der Waals surface area (Å²) in [4.78, 5) is 13.0.